The molecule has 0 bridgehead atoms. The Hall–Kier alpha value is -2.03. The van der Waals surface area contributed by atoms with Gasteiger partial charge in [0.25, 0.3) is 12.5 Å². The molecule has 2 aromatic heterocycles. The first-order valence-electron chi connectivity index (χ1n) is 5.98. The van der Waals surface area contributed by atoms with Gasteiger partial charge >= 0.3 is 0 Å². The molecule has 1 atom stereocenters. The monoisotopic (exact) mass is 262 g/mol. The van der Waals surface area contributed by atoms with E-state index in [1.807, 2.05) is 13.8 Å². The van der Waals surface area contributed by atoms with Crippen LogP contribution in [0.1, 0.15) is 49.7 Å². The smallest absolute Gasteiger partial charge is 0.282 e. The molecule has 2 heterocycles. The Balaban J connectivity index is 2.32. The van der Waals surface area contributed by atoms with Gasteiger partial charge in [-0.2, -0.15) is 5.10 Å². The zero-order valence-electron chi connectivity index (χ0n) is 10.6. The number of nitrogens with zero attached hydrogens (tertiary/aromatic N) is 4. The molecule has 98 valence electrons. The van der Waals surface area contributed by atoms with Gasteiger partial charge in [-0.1, -0.05) is 13.8 Å². The normalized spacial score (nSPS) is 20.7. The number of rotatable bonds is 1. The van der Waals surface area contributed by atoms with E-state index in [4.69, 9.17) is 6.57 Å². The summed E-state index contributed by atoms with van der Waals surface area (Å²) in [4.78, 5) is 7.74. The zero-order valence-corrected chi connectivity index (χ0v) is 10.6. The van der Waals surface area contributed by atoms with Crippen molar-refractivity contribution in [3.63, 3.8) is 0 Å². The van der Waals surface area contributed by atoms with Gasteiger partial charge in [0.2, 0.25) is 0 Å². The maximum atomic E-state index is 12.7. The average molecular weight is 262 g/mol. The first-order valence-corrected chi connectivity index (χ1v) is 5.98. The second kappa shape index (κ2) is 3.73. The lowest BCUT2D eigenvalue weighted by atomic mass is 9.90. The van der Waals surface area contributed by atoms with Crippen molar-refractivity contribution in [2.75, 3.05) is 0 Å². The van der Waals surface area contributed by atoms with Gasteiger partial charge in [0.05, 0.1) is 11.3 Å². The van der Waals surface area contributed by atoms with E-state index in [9.17, 15) is 8.78 Å². The molecule has 1 aliphatic carbocycles. The zero-order chi connectivity index (χ0) is 13.8. The summed E-state index contributed by atoms with van der Waals surface area (Å²) >= 11 is 0. The molecule has 4 nitrogen and oxygen atoms in total. The molecule has 0 saturated carbocycles. The van der Waals surface area contributed by atoms with Gasteiger partial charge in [0.1, 0.15) is 5.69 Å². The Bertz CT molecular complexity index is 696. The Labute approximate surface area is 108 Å². The highest BCUT2D eigenvalue weighted by Crippen LogP contribution is 2.46. The maximum Gasteiger partial charge on any atom is 0.282 e. The molecule has 6 heteroatoms. The van der Waals surface area contributed by atoms with Crippen LogP contribution in [-0.4, -0.2) is 14.6 Å². The predicted octanol–water partition coefficient (Wildman–Crippen LogP) is 3.31. The summed E-state index contributed by atoms with van der Waals surface area (Å²) in [6, 6.07) is 1.03. The van der Waals surface area contributed by atoms with Gasteiger partial charge in [-0.3, -0.25) is 0 Å². The molecular weight excluding hydrogens is 250 g/mol. The summed E-state index contributed by atoms with van der Waals surface area (Å²) in [6.45, 7) is 11.2. The SMILES string of the molecule is [C-]#[N+]C1CC(C)(C)c2c1cnc1cc(C(F)F)nn21. The third kappa shape index (κ3) is 1.61. The van der Waals surface area contributed by atoms with E-state index in [0.717, 1.165) is 11.3 Å². The van der Waals surface area contributed by atoms with E-state index in [-0.39, 0.29) is 17.2 Å². The third-order valence-corrected chi connectivity index (χ3v) is 3.61. The van der Waals surface area contributed by atoms with Crippen molar-refractivity contribution in [1.29, 1.82) is 0 Å². The molecular formula is C13H12F2N4. The van der Waals surface area contributed by atoms with Crippen molar-refractivity contribution < 1.29 is 8.78 Å². The fourth-order valence-corrected chi connectivity index (χ4v) is 2.80. The first-order chi connectivity index (χ1) is 8.94. The number of fused-ring (bicyclic) bond motifs is 3. The van der Waals surface area contributed by atoms with E-state index in [2.05, 4.69) is 14.9 Å². The highest BCUT2D eigenvalue weighted by atomic mass is 19.3. The molecule has 3 rings (SSSR count). The van der Waals surface area contributed by atoms with Crippen LogP contribution in [0.2, 0.25) is 0 Å². The number of alkyl halides is 2. The minimum atomic E-state index is -2.61. The highest BCUT2D eigenvalue weighted by Gasteiger charge is 2.43. The van der Waals surface area contributed by atoms with Crippen molar-refractivity contribution in [3.05, 3.63) is 40.6 Å². The lowest BCUT2D eigenvalue weighted by Gasteiger charge is -2.17. The van der Waals surface area contributed by atoms with Crippen molar-refractivity contribution in [2.45, 2.75) is 38.2 Å². The fraction of sp³-hybridized carbons (Fsp3) is 0.462. The standard InChI is InChI=1S/C13H12F2N4/c1-13(2)5-9(16-3)7-6-17-10-4-8(12(14)15)18-19(10)11(7)13/h4,6,9,12H,5H2,1-2H3. The van der Waals surface area contributed by atoms with Crippen LogP contribution in [0.25, 0.3) is 10.5 Å². The molecule has 0 radical (unpaired) electrons. The van der Waals surface area contributed by atoms with Gasteiger partial charge in [-0.15, -0.1) is 0 Å². The largest absolute Gasteiger partial charge is 0.308 e. The topological polar surface area (TPSA) is 34.5 Å². The van der Waals surface area contributed by atoms with Crippen LogP contribution in [-0.2, 0) is 5.41 Å². The Kier molecular flexibility index (Phi) is 2.36. The molecule has 1 aliphatic rings. The molecule has 1 unspecified atom stereocenters. The molecule has 0 N–H and O–H groups in total. The molecule has 0 amide bonds. The molecule has 0 saturated heterocycles. The molecule has 0 aromatic carbocycles. The second-order valence-electron chi connectivity index (χ2n) is 5.43. The molecule has 2 aromatic rings. The van der Waals surface area contributed by atoms with Gasteiger partial charge in [0, 0.05) is 24.1 Å². The van der Waals surface area contributed by atoms with E-state index < -0.39 is 6.43 Å². The van der Waals surface area contributed by atoms with Crippen molar-refractivity contribution in [2.24, 2.45) is 0 Å². The van der Waals surface area contributed by atoms with Gasteiger partial charge in [-0.05, 0) is 0 Å². The fourth-order valence-electron chi connectivity index (χ4n) is 2.80. The minimum Gasteiger partial charge on any atom is -0.308 e. The van der Waals surface area contributed by atoms with E-state index in [0.29, 0.717) is 12.1 Å². The Morgan fingerprint density at radius 3 is 2.89 bits per heavy atom. The summed E-state index contributed by atoms with van der Waals surface area (Å²) in [7, 11) is 0. The number of halogens is 2. The second-order valence-corrected chi connectivity index (χ2v) is 5.43. The van der Waals surface area contributed by atoms with Crippen LogP contribution >= 0.6 is 0 Å². The van der Waals surface area contributed by atoms with Gasteiger partial charge in [0.15, 0.2) is 5.65 Å². The number of hydrogen-bond acceptors (Lipinski definition) is 2. The maximum absolute atomic E-state index is 12.7. The lowest BCUT2D eigenvalue weighted by Crippen LogP contribution is -2.17. The van der Waals surface area contributed by atoms with Crippen LogP contribution in [0.4, 0.5) is 8.78 Å². The van der Waals surface area contributed by atoms with Crippen LogP contribution in [0, 0.1) is 6.57 Å². The molecule has 19 heavy (non-hydrogen) atoms. The summed E-state index contributed by atoms with van der Waals surface area (Å²) in [5.74, 6) is 0. The summed E-state index contributed by atoms with van der Waals surface area (Å²) in [5, 5.41) is 3.95. The van der Waals surface area contributed by atoms with E-state index >= 15 is 0 Å². The summed E-state index contributed by atoms with van der Waals surface area (Å²) < 4.78 is 27.0. The van der Waals surface area contributed by atoms with E-state index in [1.54, 1.807) is 6.20 Å². The van der Waals surface area contributed by atoms with Crippen molar-refractivity contribution >= 4 is 5.65 Å². The molecule has 0 fully saturated rings. The lowest BCUT2D eigenvalue weighted by molar-refractivity contribution is 0.145. The van der Waals surface area contributed by atoms with Gasteiger partial charge < -0.3 is 4.85 Å². The first kappa shape index (κ1) is 12.0. The van der Waals surface area contributed by atoms with Crippen LogP contribution in [0.3, 0.4) is 0 Å². The van der Waals surface area contributed by atoms with Crippen molar-refractivity contribution in [1.82, 2.24) is 14.6 Å². The minimum absolute atomic E-state index is 0.263. The summed E-state index contributed by atoms with van der Waals surface area (Å²) in [6.07, 6.45) is -0.325. The Morgan fingerprint density at radius 1 is 1.53 bits per heavy atom. The third-order valence-electron chi connectivity index (χ3n) is 3.61. The van der Waals surface area contributed by atoms with Crippen LogP contribution in [0.15, 0.2) is 12.3 Å². The Morgan fingerprint density at radius 2 is 2.26 bits per heavy atom. The van der Waals surface area contributed by atoms with E-state index in [1.165, 1.54) is 10.6 Å². The van der Waals surface area contributed by atoms with Crippen LogP contribution in [0.5, 0.6) is 0 Å². The molecule has 0 spiro atoms. The number of aromatic nitrogens is 3. The predicted molar refractivity (Wildman–Crippen MR) is 64.9 cm³/mol. The number of hydrogen-bond donors (Lipinski definition) is 0. The highest BCUT2D eigenvalue weighted by molar-refractivity contribution is 5.48. The van der Waals surface area contributed by atoms with Crippen LogP contribution < -0.4 is 0 Å². The average Bonchev–Trinajstić information content (AvgIpc) is 2.87. The van der Waals surface area contributed by atoms with Gasteiger partial charge in [-0.25, -0.2) is 24.9 Å². The quantitative estimate of drug-likeness (QED) is 0.739. The summed E-state index contributed by atoms with van der Waals surface area (Å²) in [5.41, 5.74) is 1.49. The molecule has 0 aliphatic heterocycles. The van der Waals surface area contributed by atoms with Crippen molar-refractivity contribution in [3.8, 4) is 0 Å².